The van der Waals surface area contributed by atoms with Gasteiger partial charge in [0.15, 0.2) is 11.7 Å². The average Bonchev–Trinajstić information content (AvgIpc) is 2.60. The van der Waals surface area contributed by atoms with E-state index in [1.54, 1.807) is 25.1 Å². The number of halogens is 2. The lowest BCUT2D eigenvalue weighted by Gasteiger charge is -2.33. The van der Waals surface area contributed by atoms with Gasteiger partial charge >= 0.3 is 0 Å². The molecule has 1 aliphatic rings. The Morgan fingerprint density at radius 3 is 2.58 bits per heavy atom. The van der Waals surface area contributed by atoms with Crippen molar-refractivity contribution in [2.24, 2.45) is 5.92 Å². The minimum Gasteiger partial charge on any atom is -0.314 e. The molecule has 26 heavy (non-hydrogen) atoms. The standard InChI is InChI=1S/C19H16ClFN2O3/c1-3-23(12-7-4-6-11(21)10-12)19(26)16-17(24)15-13(20)8-5-9-14(15)22(2)18(16)25/h4-10,16H,3H2,1-2H3. The van der Waals surface area contributed by atoms with Crippen LogP contribution in [-0.4, -0.2) is 31.2 Å². The molecule has 2 aromatic rings. The second kappa shape index (κ2) is 6.88. The lowest BCUT2D eigenvalue weighted by molar-refractivity contribution is -0.130. The van der Waals surface area contributed by atoms with Crippen LogP contribution < -0.4 is 9.80 Å². The highest BCUT2D eigenvalue weighted by atomic mass is 35.5. The third kappa shape index (κ3) is 2.86. The van der Waals surface area contributed by atoms with Gasteiger partial charge < -0.3 is 9.80 Å². The fraction of sp³-hybridized carbons (Fsp3) is 0.211. The number of Topliss-reactive ketones (excluding diaryl/α,β-unsaturated/α-hetero) is 1. The average molecular weight is 375 g/mol. The molecule has 7 heteroatoms. The zero-order chi connectivity index (χ0) is 19.0. The third-order valence-electron chi connectivity index (χ3n) is 4.39. The van der Waals surface area contributed by atoms with Gasteiger partial charge in [-0.05, 0) is 37.3 Å². The highest BCUT2D eigenvalue weighted by Gasteiger charge is 2.45. The van der Waals surface area contributed by atoms with Crippen molar-refractivity contribution in [2.45, 2.75) is 6.92 Å². The summed E-state index contributed by atoms with van der Waals surface area (Å²) in [5.41, 5.74) is 0.793. The molecule has 0 aliphatic carbocycles. The van der Waals surface area contributed by atoms with Crippen LogP contribution in [0.4, 0.5) is 15.8 Å². The summed E-state index contributed by atoms with van der Waals surface area (Å²) in [7, 11) is 1.49. The molecule has 1 unspecified atom stereocenters. The lowest BCUT2D eigenvalue weighted by Crippen LogP contribution is -2.51. The molecule has 0 saturated carbocycles. The molecule has 2 amide bonds. The van der Waals surface area contributed by atoms with Crippen LogP contribution in [0.1, 0.15) is 17.3 Å². The van der Waals surface area contributed by atoms with E-state index in [1.165, 1.54) is 41.1 Å². The Kier molecular flexibility index (Phi) is 4.78. The zero-order valence-corrected chi connectivity index (χ0v) is 15.0. The number of anilines is 2. The quantitative estimate of drug-likeness (QED) is 0.774. The van der Waals surface area contributed by atoms with Crippen LogP contribution in [-0.2, 0) is 9.59 Å². The molecular formula is C19H16ClFN2O3. The van der Waals surface area contributed by atoms with E-state index < -0.39 is 29.3 Å². The summed E-state index contributed by atoms with van der Waals surface area (Å²) in [6.07, 6.45) is 0. The van der Waals surface area contributed by atoms with Crippen molar-refractivity contribution in [1.82, 2.24) is 0 Å². The molecule has 1 heterocycles. The first-order valence-electron chi connectivity index (χ1n) is 8.04. The normalized spacial score (nSPS) is 16.5. The van der Waals surface area contributed by atoms with Crippen LogP contribution >= 0.6 is 11.6 Å². The monoisotopic (exact) mass is 374 g/mol. The molecule has 0 saturated heterocycles. The van der Waals surface area contributed by atoms with Crippen molar-refractivity contribution in [3.8, 4) is 0 Å². The Balaban J connectivity index is 2.05. The Labute approximate surface area is 155 Å². The largest absolute Gasteiger partial charge is 0.314 e. The van der Waals surface area contributed by atoms with E-state index in [-0.39, 0.29) is 22.8 Å². The summed E-state index contributed by atoms with van der Waals surface area (Å²) in [5.74, 6) is -4.04. The predicted octanol–water partition coefficient (Wildman–Crippen LogP) is 3.31. The molecule has 1 atom stereocenters. The van der Waals surface area contributed by atoms with Crippen molar-refractivity contribution in [2.75, 3.05) is 23.4 Å². The van der Waals surface area contributed by atoms with Gasteiger partial charge in [-0.25, -0.2) is 4.39 Å². The first-order chi connectivity index (χ1) is 12.4. The number of benzene rings is 2. The fourth-order valence-electron chi connectivity index (χ4n) is 3.09. The van der Waals surface area contributed by atoms with E-state index in [1.807, 2.05) is 0 Å². The number of ketones is 1. The minimum absolute atomic E-state index is 0.143. The van der Waals surface area contributed by atoms with E-state index in [9.17, 15) is 18.8 Å². The number of fused-ring (bicyclic) bond motifs is 1. The maximum absolute atomic E-state index is 13.5. The molecule has 0 radical (unpaired) electrons. The summed E-state index contributed by atoms with van der Waals surface area (Å²) < 4.78 is 13.5. The van der Waals surface area contributed by atoms with Crippen molar-refractivity contribution in [1.29, 1.82) is 0 Å². The molecular weight excluding hydrogens is 359 g/mol. The molecule has 0 N–H and O–H groups in total. The summed E-state index contributed by atoms with van der Waals surface area (Å²) in [4.78, 5) is 41.1. The summed E-state index contributed by atoms with van der Waals surface area (Å²) >= 11 is 6.14. The van der Waals surface area contributed by atoms with Crippen molar-refractivity contribution >= 4 is 40.6 Å². The molecule has 5 nitrogen and oxygen atoms in total. The highest BCUT2D eigenvalue weighted by Crippen LogP contribution is 2.35. The lowest BCUT2D eigenvalue weighted by atomic mass is 9.89. The predicted molar refractivity (Wildman–Crippen MR) is 97.1 cm³/mol. The van der Waals surface area contributed by atoms with Gasteiger partial charge in [-0.1, -0.05) is 23.7 Å². The second-order valence-corrected chi connectivity index (χ2v) is 6.30. The van der Waals surface area contributed by atoms with Crippen LogP contribution in [0.15, 0.2) is 42.5 Å². The smallest absolute Gasteiger partial charge is 0.247 e. The number of hydrogen-bond donors (Lipinski definition) is 0. The van der Waals surface area contributed by atoms with Crippen LogP contribution in [0.3, 0.4) is 0 Å². The Bertz CT molecular complexity index is 915. The van der Waals surface area contributed by atoms with E-state index in [4.69, 9.17) is 11.6 Å². The van der Waals surface area contributed by atoms with Gasteiger partial charge in [-0.3, -0.25) is 14.4 Å². The first kappa shape index (κ1) is 18.1. The van der Waals surface area contributed by atoms with Crippen LogP contribution in [0.5, 0.6) is 0 Å². The number of hydrogen-bond acceptors (Lipinski definition) is 3. The Hall–Kier alpha value is -2.73. The molecule has 0 fully saturated rings. The topological polar surface area (TPSA) is 57.7 Å². The number of carbonyl (C=O) groups is 3. The number of nitrogens with zero attached hydrogens (tertiary/aromatic N) is 2. The van der Waals surface area contributed by atoms with Gasteiger partial charge in [-0.15, -0.1) is 0 Å². The van der Waals surface area contributed by atoms with E-state index >= 15 is 0 Å². The second-order valence-electron chi connectivity index (χ2n) is 5.89. The van der Waals surface area contributed by atoms with Crippen molar-refractivity contribution in [3.05, 3.63) is 58.9 Å². The van der Waals surface area contributed by atoms with Gasteiger partial charge in [0.1, 0.15) is 5.82 Å². The van der Waals surface area contributed by atoms with E-state index in [0.29, 0.717) is 5.69 Å². The van der Waals surface area contributed by atoms with Crippen molar-refractivity contribution in [3.63, 3.8) is 0 Å². The molecule has 0 bridgehead atoms. The van der Waals surface area contributed by atoms with Crippen LogP contribution in [0.25, 0.3) is 0 Å². The SMILES string of the molecule is CCN(C(=O)C1C(=O)c2c(Cl)cccc2N(C)C1=O)c1cccc(F)c1. The van der Waals surface area contributed by atoms with E-state index in [0.717, 1.165) is 0 Å². The first-order valence-corrected chi connectivity index (χ1v) is 8.41. The zero-order valence-electron chi connectivity index (χ0n) is 14.2. The van der Waals surface area contributed by atoms with Crippen molar-refractivity contribution < 1.29 is 18.8 Å². The number of carbonyl (C=O) groups excluding carboxylic acids is 3. The summed E-state index contributed by atoms with van der Waals surface area (Å²) in [6.45, 7) is 1.86. The van der Waals surface area contributed by atoms with Gasteiger partial charge in [0, 0.05) is 19.3 Å². The van der Waals surface area contributed by atoms with Crippen LogP contribution in [0.2, 0.25) is 5.02 Å². The molecule has 3 rings (SSSR count). The maximum Gasteiger partial charge on any atom is 0.247 e. The fourth-order valence-corrected chi connectivity index (χ4v) is 3.35. The third-order valence-corrected chi connectivity index (χ3v) is 4.70. The summed E-state index contributed by atoms with van der Waals surface area (Å²) in [5, 5.41) is 0.179. The van der Waals surface area contributed by atoms with Gasteiger partial charge in [-0.2, -0.15) is 0 Å². The molecule has 1 aliphatic heterocycles. The Morgan fingerprint density at radius 1 is 1.23 bits per heavy atom. The van der Waals surface area contributed by atoms with Gasteiger partial charge in [0.05, 0.1) is 16.3 Å². The minimum atomic E-state index is -1.55. The van der Waals surface area contributed by atoms with Gasteiger partial charge in [0.25, 0.3) is 0 Å². The molecule has 2 aromatic carbocycles. The van der Waals surface area contributed by atoms with Gasteiger partial charge in [0.2, 0.25) is 11.8 Å². The maximum atomic E-state index is 13.5. The number of amides is 2. The summed E-state index contributed by atoms with van der Waals surface area (Å²) in [6, 6.07) is 10.2. The number of rotatable bonds is 3. The molecule has 0 aromatic heterocycles. The van der Waals surface area contributed by atoms with E-state index in [2.05, 4.69) is 0 Å². The highest BCUT2D eigenvalue weighted by molar-refractivity contribution is 6.40. The molecule has 134 valence electrons. The Morgan fingerprint density at radius 2 is 1.92 bits per heavy atom. The molecule has 0 spiro atoms. The van der Waals surface area contributed by atoms with Crippen LogP contribution in [0, 0.1) is 11.7 Å².